The zero-order chi connectivity index (χ0) is 20.2. The summed E-state index contributed by atoms with van der Waals surface area (Å²) in [5, 5.41) is 14.6. The van der Waals surface area contributed by atoms with Crippen molar-refractivity contribution >= 4 is 33.9 Å². The number of benzene rings is 2. The van der Waals surface area contributed by atoms with Gasteiger partial charge in [0.15, 0.2) is 0 Å². The van der Waals surface area contributed by atoms with Gasteiger partial charge in [0.2, 0.25) is 5.91 Å². The Kier molecular flexibility index (Phi) is 5.46. The molecule has 0 unspecified atom stereocenters. The van der Waals surface area contributed by atoms with Crippen molar-refractivity contribution in [2.24, 2.45) is 0 Å². The number of carbonyl (C=O) groups is 1. The summed E-state index contributed by atoms with van der Waals surface area (Å²) in [6, 6.07) is 14.4. The average molecular weight is 392 g/mol. The largest absolute Gasteiger partial charge is 0.372 e. The minimum Gasteiger partial charge on any atom is -0.372 e. The van der Waals surface area contributed by atoms with Crippen molar-refractivity contribution in [3.8, 4) is 0 Å². The van der Waals surface area contributed by atoms with Crippen LogP contribution in [0, 0.1) is 10.1 Å². The molecule has 1 saturated heterocycles. The van der Waals surface area contributed by atoms with Crippen molar-refractivity contribution in [1.29, 1.82) is 0 Å². The number of rotatable bonds is 5. The van der Waals surface area contributed by atoms with Gasteiger partial charge in [-0.05, 0) is 49.2 Å². The molecule has 1 amide bonds. The summed E-state index contributed by atoms with van der Waals surface area (Å²) >= 11 is 0. The predicted molar refractivity (Wildman–Crippen MR) is 114 cm³/mol. The monoisotopic (exact) mass is 392 g/mol. The number of hydrogen-bond donors (Lipinski definition) is 1. The molecular formula is C22H24N4O3. The summed E-state index contributed by atoms with van der Waals surface area (Å²) in [5.74, 6) is -0.136. The lowest BCUT2D eigenvalue weighted by Crippen LogP contribution is -2.23. The van der Waals surface area contributed by atoms with Crippen LogP contribution in [0.1, 0.15) is 25.7 Å². The van der Waals surface area contributed by atoms with Crippen molar-refractivity contribution in [2.45, 2.75) is 32.2 Å². The third kappa shape index (κ3) is 4.39. The van der Waals surface area contributed by atoms with Gasteiger partial charge in [-0.25, -0.2) is 0 Å². The molecule has 7 nitrogen and oxygen atoms in total. The lowest BCUT2D eigenvalue weighted by molar-refractivity contribution is -0.384. The molecule has 150 valence electrons. The third-order valence-corrected chi connectivity index (χ3v) is 5.40. The Morgan fingerprint density at radius 2 is 1.72 bits per heavy atom. The van der Waals surface area contributed by atoms with Crippen LogP contribution in [0.4, 0.5) is 17.1 Å². The second-order valence-corrected chi connectivity index (χ2v) is 7.44. The van der Waals surface area contributed by atoms with Crippen molar-refractivity contribution < 1.29 is 9.72 Å². The van der Waals surface area contributed by atoms with Crippen LogP contribution in [-0.4, -0.2) is 28.5 Å². The summed E-state index contributed by atoms with van der Waals surface area (Å²) in [6.45, 7) is 2.32. The van der Waals surface area contributed by atoms with E-state index in [0.29, 0.717) is 0 Å². The molecule has 7 heteroatoms. The molecule has 0 atom stereocenters. The van der Waals surface area contributed by atoms with Crippen LogP contribution >= 0.6 is 0 Å². The topological polar surface area (TPSA) is 80.4 Å². The zero-order valence-electron chi connectivity index (χ0n) is 16.2. The molecule has 29 heavy (non-hydrogen) atoms. The van der Waals surface area contributed by atoms with Crippen molar-refractivity contribution in [3.63, 3.8) is 0 Å². The molecule has 2 aromatic carbocycles. The Morgan fingerprint density at radius 3 is 2.41 bits per heavy atom. The first-order chi connectivity index (χ1) is 14.1. The molecule has 0 radical (unpaired) electrons. The highest BCUT2D eigenvalue weighted by atomic mass is 16.6. The molecular weight excluding hydrogens is 368 g/mol. The van der Waals surface area contributed by atoms with E-state index in [-0.39, 0.29) is 18.1 Å². The molecule has 3 aromatic rings. The van der Waals surface area contributed by atoms with Gasteiger partial charge in [-0.15, -0.1) is 0 Å². The Morgan fingerprint density at radius 1 is 1.00 bits per heavy atom. The van der Waals surface area contributed by atoms with Crippen LogP contribution in [0.15, 0.2) is 54.7 Å². The maximum absolute atomic E-state index is 12.5. The van der Waals surface area contributed by atoms with Crippen LogP contribution in [0.25, 0.3) is 10.9 Å². The van der Waals surface area contributed by atoms with Crippen LogP contribution in [0.3, 0.4) is 0 Å². The number of fused-ring (bicyclic) bond motifs is 1. The van der Waals surface area contributed by atoms with Crippen LogP contribution in [0.2, 0.25) is 0 Å². The molecule has 0 spiro atoms. The standard InChI is InChI=1S/C22H24N4O3/c27-22(16-25-14-11-17-15-20(26(28)29)9-10-21(17)25)23-18-5-7-19(8-6-18)24-12-3-1-2-4-13-24/h5-11,14-15H,1-4,12-13,16H2,(H,23,27). The third-order valence-electron chi connectivity index (χ3n) is 5.40. The van der Waals surface area contributed by atoms with Gasteiger partial charge in [0.25, 0.3) is 5.69 Å². The summed E-state index contributed by atoms with van der Waals surface area (Å²) in [4.78, 5) is 25.4. The molecule has 0 bridgehead atoms. The molecule has 1 fully saturated rings. The number of aromatic nitrogens is 1. The molecule has 1 aliphatic rings. The van der Waals surface area contributed by atoms with Gasteiger partial charge in [0.05, 0.1) is 4.92 Å². The number of amides is 1. The predicted octanol–water partition coefficient (Wildman–Crippen LogP) is 4.57. The summed E-state index contributed by atoms with van der Waals surface area (Å²) in [7, 11) is 0. The van der Waals surface area contributed by atoms with E-state index < -0.39 is 4.92 Å². The van der Waals surface area contributed by atoms with Gasteiger partial charge < -0.3 is 14.8 Å². The maximum Gasteiger partial charge on any atom is 0.270 e. The van der Waals surface area contributed by atoms with Crippen LogP contribution in [-0.2, 0) is 11.3 Å². The molecule has 1 aromatic heterocycles. The Hall–Kier alpha value is -3.35. The molecule has 1 aliphatic heterocycles. The molecule has 4 rings (SSSR count). The van der Waals surface area contributed by atoms with Crippen LogP contribution < -0.4 is 10.2 Å². The minimum atomic E-state index is -0.418. The number of nitro benzene ring substituents is 1. The van der Waals surface area contributed by atoms with Crippen molar-refractivity contribution in [1.82, 2.24) is 4.57 Å². The van der Waals surface area contributed by atoms with E-state index in [2.05, 4.69) is 22.3 Å². The molecule has 0 saturated carbocycles. The number of carbonyl (C=O) groups excluding carboxylic acids is 1. The fourth-order valence-electron chi connectivity index (χ4n) is 3.88. The molecule has 0 aliphatic carbocycles. The fourth-order valence-corrected chi connectivity index (χ4v) is 3.88. The van der Waals surface area contributed by atoms with E-state index in [4.69, 9.17) is 0 Å². The number of nitrogens with zero attached hydrogens (tertiary/aromatic N) is 3. The number of hydrogen-bond acceptors (Lipinski definition) is 4. The van der Waals surface area contributed by atoms with E-state index in [0.717, 1.165) is 29.7 Å². The number of non-ortho nitro benzene ring substituents is 1. The second-order valence-electron chi connectivity index (χ2n) is 7.44. The van der Waals surface area contributed by atoms with E-state index in [1.54, 1.807) is 22.9 Å². The van der Waals surface area contributed by atoms with Gasteiger partial charge in [-0.3, -0.25) is 14.9 Å². The van der Waals surface area contributed by atoms with Gasteiger partial charge in [0.1, 0.15) is 6.54 Å². The summed E-state index contributed by atoms with van der Waals surface area (Å²) < 4.78 is 1.79. The lowest BCUT2D eigenvalue weighted by Gasteiger charge is -2.22. The fraction of sp³-hybridized carbons (Fsp3) is 0.318. The number of anilines is 2. The van der Waals surface area contributed by atoms with E-state index >= 15 is 0 Å². The summed E-state index contributed by atoms with van der Waals surface area (Å²) in [6.07, 6.45) is 6.83. The normalized spacial score (nSPS) is 14.6. The first-order valence-electron chi connectivity index (χ1n) is 9.98. The minimum absolute atomic E-state index is 0.0456. The average Bonchev–Trinajstić information content (AvgIpc) is 2.92. The SMILES string of the molecule is O=C(Cn1ccc2cc([N+](=O)[O-])ccc21)Nc1ccc(N2CCCCCC2)cc1. The van der Waals surface area contributed by atoms with Gasteiger partial charge in [-0.1, -0.05) is 12.8 Å². The second kappa shape index (κ2) is 8.34. The first-order valence-corrected chi connectivity index (χ1v) is 9.98. The maximum atomic E-state index is 12.5. The Labute approximate surface area is 169 Å². The van der Waals surface area contributed by atoms with Gasteiger partial charge in [0, 0.05) is 53.7 Å². The molecule has 2 heterocycles. The molecule has 1 N–H and O–H groups in total. The Balaban J connectivity index is 1.40. The van der Waals surface area contributed by atoms with Crippen molar-refractivity contribution in [3.05, 3.63) is 64.8 Å². The van der Waals surface area contributed by atoms with Gasteiger partial charge >= 0.3 is 0 Å². The quantitative estimate of drug-likeness (QED) is 0.509. The van der Waals surface area contributed by atoms with Crippen molar-refractivity contribution in [2.75, 3.05) is 23.3 Å². The smallest absolute Gasteiger partial charge is 0.270 e. The Bertz CT molecular complexity index is 1020. The zero-order valence-corrected chi connectivity index (χ0v) is 16.2. The summed E-state index contributed by atoms with van der Waals surface area (Å²) in [5.41, 5.74) is 2.80. The highest BCUT2D eigenvalue weighted by molar-refractivity contribution is 5.92. The highest BCUT2D eigenvalue weighted by Crippen LogP contribution is 2.23. The number of nitrogens with one attached hydrogen (secondary N) is 1. The first kappa shape index (κ1) is 19.0. The van der Waals surface area contributed by atoms with Crippen LogP contribution in [0.5, 0.6) is 0 Å². The number of nitro groups is 1. The van der Waals surface area contributed by atoms with Gasteiger partial charge in [-0.2, -0.15) is 0 Å². The van der Waals surface area contributed by atoms with E-state index in [1.807, 2.05) is 12.1 Å². The lowest BCUT2D eigenvalue weighted by atomic mass is 10.2. The van der Waals surface area contributed by atoms with E-state index in [9.17, 15) is 14.9 Å². The highest BCUT2D eigenvalue weighted by Gasteiger charge is 2.12. The van der Waals surface area contributed by atoms with E-state index in [1.165, 1.54) is 43.5 Å².